The Morgan fingerprint density at radius 3 is 2.40 bits per heavy atom. The number of carbonyl (C=O) groups is 2. The van der Waals surface area contributed by atoms with Crippen molar-refractivity contribution in [2.75, 3.05) is 13.7 Å². The minimum absolute atomic E-state index is 0.00335. The number of carbonyl (C=O) groups excluding carboxylic acids is 2. The Labute approximate surface area is 245 Å². The van der Waals surface area contributed by atoms with E-state index in [1.54, 1.807) is 20.8 Å². The molecule has 0 saturated heterocycles. The third-order valence-electron chi connectivity index (χ3n) is 7.00. The van der Waals surface area contributed by atoms with Crippen LogP contribution in [0.25, 0.3) is 15.2 Å². The first-order valence-corrected chi connectivity index (χ1v) is 14.2. The first-order chi connectivity index (χ1) is 19.8. The first-order valence-electron chi connectivity index (χ1n) is 13.4. The van der Waals surface area contributed by atoms with E-state index in [4.69, 9.17) is 9.47 Å². The van der Waals surface area contributed by atoms with Crippen molar-refractivity contribution in [3.8, 4) is 10.8 Å². The molecule has 0 N–H and O–H groups in total. The lowest BCUT2D eigenvalue weighted by Crippen LogP contribution is -2.53. The highest BCUT2D eigenvalue weighted by molar-refractivity contribution is 7.21. The van der Waals surface area contributed by atoms with Crippen LogP contribution in [0.4, 0.5) is 4.39 Å². The lowest BCUT2D eigenvalue weighted by Gasteiger charge is -2.28. The van der Waals surface area contributed by atoms with Crippen molar-refractivity contribution in [3.63, 3.8) is 0 Å². The van der Waals surface area contributed by atoms with E-state index in [1.165, 1.54) is 54.0 Å². The second-order valence-corrected chi connectivity index (χ2v) is 12.0. The fourth-order valence-electron chi connectivity index (χ4n) is 4.83. The van der Waals surface area contributed by atoms with Crippen molar-refractivity contribution >= 4 is 33.1 Å². The second kappa shape index (κ2) is 12.1. The summed E-state index contributed by atoms with van der Waals surface area (Å²) in [6.45, 7) is 9.40. The van der Waals surface area contributed by atoms with Gasteiger partial charge in [0.25, 0.3) is 5.56 Å². The molecular weight excluding hydrogens is 565 g/mol. The van der Waals surface area contributed by atoms with Crippen LogP contribution in [0.15, 0.2) is 40.2 Å². The van der Waals surface area contributed by atoms with Crippen LogP contribution in [0, 0.1) is 18.7 Å². The van der Waals surface area contributed by atoms with Gasteiger partial charge in [-0.15, -0.1) is 4.80 Å². The topological polar surface area (TPSA) is 127 Å². The van der Waals surface area contributed by atoms with E-state index < -0.39 is 28.7 Å². The highest BCUT2D eigenvalue weighted by Crippen LogP contribution is 2.34. The van der Waals surface area contributed by atoms with E-state index >= 15 is 0 Å². The van der Waals surface area contributed by atoms with Gasteiger partial charge >= 0.3 is 5.69 Å². The van der Waals surface area contributed by atoms with Gasteiger partial charge in [0.15, 0.2) is 11.6 Å². The van der Waals surface area contributed by atoms with Gasteiger partial charge in [-0.05, 0) is 51.8 Å². The predicted octanol–water partition coefficient (Wildman–Crippen LogP) is 3.96. The van der Waals surface area contributed by atoms with Crippen molar-refractivity contribution in [3.05, 3.63) is 68.4 Å². The number of hydrogen-bond acceptors (Lipinski definition) is 9. The van der Waals surface area contributed by atoms with Gasteiger partial charge in [0, 0.05) is 17.5 Å². The average molecular weight is 600 g/mol. The number of Topliss-reactive ketones (excluding diaryl/α,β-unsaturated/α-hetero) is 2. The number of methoxy groups -OCH3 is 1. The van der Waals surface area contributed by atoms with Crippen molar-refractivity contribution in [2.45, 2.75) is 66.2 Å². The zero-order valence-electron chi connectivity index (χ0n) is 24.6. The minimum atomic E-state index is -1.49. The summed E-state index contributed by atoms with van der Waals surface area (Å²) in [6, 6.07) is 3.87. The van der Waals surface area contributed by atoms with Gasteiger partial charge in [-0.3, -0.25) is 19.0 Å². The molecule has 0 spiro atoms. The SMILES string of the molecule is COc1ccc(F)cc1[C@H](Cn1c(=O)n(C(C)(C)C(=O)CC(C)C)c(=O)c2c(C)c(-n3nccn3)sc21)OCC(C)=O. The number of fused-ring (bicyclic) bond motifs is 1. The zero-order chi connectivity index (χ0) is 30.9. The number of ether oxygens (including phenoxy) is 2. The van der Waals surface area contributed by atoms with Crippen LogP contribution >= 0.6 is 11.3 Å². The van der Waals surface area contributed by atoms with Crippen molar-refractivity contribution in [1.29, 1.82) is 0 Å². The molecule has 4 aromatic rings. The molecule has 1 aromatic carbocycles. The molecule has 0 unspecified atom stereocenters. The number of thiophene rings is 1. The van der Waals surface area contributed by atoms with E-state index in [1.807, 2.05) is 13.8 Å². The molecule has 13 heteroatoms. The van der Waals surface area contributed by atoms with E-state index in [0.717, 1.165) is 15.9 Å². The summed E-state index contributed by atoms with van der Waals surface area (Å²) >= 11 is 1.12. The highest BCUT2D eigenvalue weighted by atomic mass is 32.1. The molecule has 11 nitrogen and oxygen atoms in total. The molecule has 0 amide bonds. The summed E-state index contributed by atoms with van der Waals surface area (Å²) in [5, 5.41) is 9.11. The van der Waals surface area contributed by atoms with Gasteiger partial charge in [0.2, 0.25) is 0 Å². The molecule has 0 aliphatic heterocycles. The van der Waals surface area contributed by atoms with Gasteiger partial charge in [0.05, 0.1) is 31.4 Å². The molecule has 4 rings (SSSR count). The van der Waals surface area contributed by atoms with Gasteiger partial charge in [0.1, 0.15) is 39.6 Å². The van der Waals surface area contributed by atoms with Crippen LogP contribution in [-0.4, -0.2) is 49.4 Å². The van der Waals surface area contributed by atoms with Crippen LogP contribution in [0.1, 0.15) is 58.3 Å². The fraction of sp³-hybridized carbons (Fsp3) is 0.448. The smallest absolute Gasteiger partial charge is 0.333 e. The lowest BCUT2D eigenvalue weighted by atomic mass is 9.91. The Morgan fingerprint density at radius 2 is 1.81 bits per heavy atom. The molecule has 0 bridgehead atoms. The van der Waals surface area contributed by atoms with Crippen molar-refractivity contribution in [1.82, 2.24) is 24.1 Å². The molecule has 0 aliphatic rings. The third kappa shape index (κ3) is 5.84. The molecule has 0 saturated carbocycles. The number of aromatic nitrogens is 5. The highest BCUT2D eigenvalue weighted by Gasteiger charge is 2.36. The molecule has 42 heavy (non-hydrogen) atoms. The Bertz CT molecular complexity index is 1750. The standard InChI is InChI=1S/C29H34FN5O6S/c1-16(2)12-23(37)29(5,6)34-25(38)24-18(4)26(35-31-10-11-32-35)42-27(24)33(28(34)39)14-22(41-15-17(3)36)20-13-19(30)8-9-21(20)40-7/h8-11,13,16,22H,12,14-15H2,1-7H3/t22-/m0/s1. The summed E-state index contributed by atoms with van der Waals surface area (Å²) in [6.07, 6.45) is 2.11. The van der Waals surface area contributed by atoms with Crippen LogP contribution in [-0.2, 0) is 26.4 Å². The number of aryl methyl sites for hydroxylation is 1. The van der Waals surface area contributed by atoms with Crippen molar-refractivity contribution in [2.24, 2.45) is 5.92 Å². The molecule has 224 valence electrons. The van der Waals surface area contributed by atoms with Crippen molar-refractivity contribution < 1.29 is 23.5 Å². The first kappa shape index (κ1) is 31.0. The molecule has 0 aliphatic carbocycles. The van der Waals surface area contributed by atoms with Crippen LogP contribution in [0.3, 0.4) is 0 Å². The molecule has 0 radical (unpaired) electrons. The van der Waals surface area contributed by atoms with Gasteiger partial charge in [-0.1, -0.05) is 25.2 Å². The normalized spacial score (nSPS) is 12.7. The Kier molecular flexibility index (Phi) is 8.92. The monoisotopic (exact) mass is 599 g/mol. The third-order valence-corrected chi connectivity index (χ3v) is 8.28. The van der Waals surface area contributed by atoms with Crippen LogP contribution in [0.2, 0.25) is 0 Å². The molecule has 3 aromatic heterocycles. The summed E-state index contributed by atoms with van der Waals surface area (Å²) in [5.74, 6) is -0.829. The van der Waals surface area contributed by atoms with E-state index in [-0.39, 0.29) is 48.0 Å². The van der Waals surface area contributed by atoms with E-state index in [2.05, 4.69) is 10.2 Å². The zero-order valence-corrected chi connectivity index (χ0v) is 25.5. The summed E-state index contributed by atoms with van der Waals surface area (Å²) in [5.41, 5.74) is -2.06. The lowest BCUT2D eigenvalue weighted by molar-refractivity contribution is -0.127. The maximum Gasteiger partial charge on any atom is 0.333 e. The molecule has 0 fully saturated rings. The largest absolute Gasteiger partial charge is 0.496 e. The quantitative estimate of drug-likeness (QED) is 0.240. The number of ketones is 2. The van der Waals surface area contributed by atoms with Gasteiger partial charge < -0.3 is 9.47 Å². The number of benzene rings is 1. The molecule has 1 atom stereocenters. The summed E-state index contributed by atoms with van der Waals surface area (Å²) in [4.78, 5) is 55.3. The van der Waals surface area contributed by atoms with Gasteiger partial charge in [-0.2, -0.15) is 10.2 Å². The Hall–Kier alpha value is -3.97. The Morgan fingerprint density at radius 1 is 1.14 bits per heavy atom. The predicted molar refractivity (Wildman–Crippen MR) is 156 cm³/mol. The number of hydrogen-bond donors (Lipinski definition) is 0. The summed E-state index contributed by atoms with van der Waals surface area (Å²) in [7, 11) is 1.41. The second-order valence-electron chi connectivity index (χ2n) is 11.0. The maximum atomic E-state index is 14.4. The van der Waals surface area contributed by atoms with Crippen LogP contribution in [0.5, 0.6) is 5.75 Å². The molecular formula is C29H34FN5O6S. The Balaban J connectivity index is 2.04. The summed E-state index contributed by atoms with van der Waals surface area (Å²) < 4.78 is 28.1. The van der Waals surface area contributed by atoms with E-state index in [9.17, 15) is 23.6 Å². The van der Waals surface area contributed by atoms with E-state index in [0.29, 0.717) is 21.1 Å². The molecule has 3 heterocycles. The fourth-order valence-corrected chi connectivity index (χ4v) is 6.05. The maximum absolute atomic E-state index is 14.4. The minimum Gasteiger partial charge on any atom is -0.496 e. The number of nitrogens with zero attached hydrogens (tertiary/aromatic N) is 5. The van der Waals surface area contributed by atoms with Gasteiger partial charge in [-0.25, -0.2) is 13.8 Å². The number of rotatable bonds is 12. The number of halogens is 1. The van der Waals surface area contributed by atoms with Crippen LogP contribution < -0.4 is 16.0 Å². The average Bonchev–Trinajstić information content (AvgIpc) is 3.56.